The zero-order valence-electron chi connectivity index (χ0n) is 39.8. The quantitative estimate of drug-likeness (QED) is 0.0388. The van der Waals surface area contributed by atoms with E-state index in [9.17, 15) is 38.4 Å². The smallest absolute Gasteiger partial charge is 0.243 e. The lowest BCUT2D eigenvalue weighted by atomic mass is 9.96. The molecule has 0 radical (unpaired) electrons. The molecule has 0 saturated carbocycles. The fourth-order valence-corrected chi connectivity index (χ4v) is 9.12. The maximum atomic E-state index is 14.7. The topological polar surface area (TPSA) is 273 Å². The lowest BCUT2D eigenvalue weighted by molar-refractivity contribution is -0.135. The molecule has 0 bridgehead atoms. The molecule has 1 aliphatic rings. The van der Waals surface area contributed by atoms with Gasteiger partial charge in [0.1, 0.15) is 30.2 Å². The molecular formula is C52H61N11O8. The standard InChI is InChI=1S/C52H61N11O8/c1-3-32(2)46(52(71)58-41(47(53)66)23-34-27-62(30-64)44-20-9-7-16-37(34)44)61-49(68)40(18-11-15-33-13-5-4-6-14-33)57-51(70)43(25-36-26-54-29-56-36)60-50(69)42(59-48(67)39-19-12-22-55-39)24-35-28-63(31-65)45-21-10-8-17-38(35)45/h4-10,13-14,16-17,20-21,26-32,39-43,46,55H,3,11-12,15,18-19,22-25H2,1-2H3,(H2,53,66)(H,54,56)(H,57,70)(H,58,71)(H,59,67)(H,60,69)(H,61,68)/t32-,39-,40-,41-,42-,43-,46-/m0/s1. The fraction of sp³-hybridized carbons (Fsp3) is 0.365. The zero-order chi connectivity index (χ0) is 50.4. The molecular weight excluding hydrogens is 907 g/mol. The van der Waals surface area contributed by atoms with Crippen LogP contribution in [0.3, 0.4) is 0 Å². The first kappa shape index (κ1) is 50.9. The average Bonchev–Trinajstić information content (AvgIpc) is 4.23. The van der Waals surface area contributed by atoms with Crippen LogP contribution in [0.5, 0.6) is 0 Å². The molecule has 0 aliphatic carbocycles. The number of primary amides is 1. The van der Waals surface area contributed by atoms with Gasteiger partial charge in [0, 0.05) is 54.3 Å². The van der Waals surface area contributed by atoms with Gasteiger partial charge in [0.15, 0.2) is 0 Å². The van der Waals surface area contributed by atoms with Crippen LogP contribution in [0.2, 0.25) is 0 Å². The minimum atomic E-state index is -1.30. The molecule has 9 N–H and O–H groups in total. The van der Waals surface area contributed by atoms with Crippen molar-refractivity contribution in [2.24, 2.45) is 11.7 Å². The number of nitrogens with zero attached hydrogens (tertiary/aromatic N) is 3. The Kier molecular flexibility index (Phi) is 17.3. The SMILES string of the molecule is CC[C@H](C)[C@H](NC(=O)[C@H](CCCc1ccccc1)NC(=O)[C@H](Cc1cnc[nH]1)NC(=O)[C@H](Cc1cn(C=O)c2ccccc12)NC(=O)[C@@H]1CCCN1)C(=O)N[C@@H](Cc1cn(C=O)c2ccccc12)C(N)=O. The average molecular weight is 968 g/mol. The summed E-state index contributed by atoms with van der Waals surface area (Å²) in [6, 6.07) is 17.3. The molecule has 71 heavy (non-hydrogen) atoms. The van der Waals surface area contributed by atoms with Gasteiger partial charge in [-0.25, -0.2) is 4.98 Å². The molecule has 6 amide bonds. The van der Waals surface area contributed by atoms with Crippen LogP contribution < -0.4 is 37.6 Å². The van der Waals surface area contributed by atoms with E-state index in [2.05, 4.69) is 41.9 Å². The largest absolute Gasteiger partial charge is 0.368 e. The lowest BCUT2D eigenvalue weighted by Crippen LogP contribution is -2.60. The first-order valence-corrected chi connectivity index (χ1v) is 24.0. The second-order valence-corrected chi connectivity index (χ2v) is 18.1. The maximum Gasteiger partial charge on any atom is 0.243 e. The number of aromatic amines is 1. The number of hydrogen-bond donors (Lipinski definition) is 8. The molecule has 7 rings (SSSR count). The summed E-state index contributed by atoms with van der Waals surface area (Å²) in [5.74, 6) is -4.42. The number of benzene rings is 3. The Morgan fingerprint density at radius 2 is 1.28 bits per heavy atom. The Bertz CT molecular complexity index is 2840. The van der Waals surface area contributed by atoms with Crippen LogP contribution in [0.1, 0.15) is 68.3 Å². The van der Waals surface area contributed by atoms with E-state index in [0.717, 1.165) is 12.0 Å². The lowest BCUT2D eigenvalue weighted by Gasteiger charge is -2.29. The Morgan fingerprint density at radius 1 is 0.718 bits per heavy atom. The summed E-state index contributed by atoms with van der Waals surface area (Å²) < 4.78 is 2.78. The van der Waals surface area contributed by atoms with Crippen LogP contribution in [0.4, 0.5) is 0 Å². The molecule has 7 atom stereocenters. The normalized spacial score (nSPS) is 15.9. The van der Waals surface area contributed by atoms with Gasteiger partial charge in [-0.05, 0) is 73.4 Å². The molecule has 0 spiro atoms. The number of aryl methyl sites for hydroxylation is 1. The van der Waals surface area contributed by atoms with Crippen LogP contribution in [-0.4, -0.2) is 110 Å². The van der Waals surface area contributed by atoms with Gasteiger partial charge in [-0.3, -0.25) is 47.5 Å². The van der Waals surface area contributed by atoms with Crippen LogP contribution in [-0.2, 0) is 64.0 Å². The van der Waals surface area contributed by atoms with E-state index in [4.69, 9.17) is 5.73 Å². The Balaban J connectivity index is 1.13. The van der Waals surface area contributed by atoms with E-state index in [1.165, 1.54) is 21.7 Å². The summed E-state index contributed by atoms with van der Waals surface area (Å²) in [6.07, 6.45) is 10.2. The van der Waals surface area contributed by atoms with Crippen LogP contribution in [0.25, 0.3) is 21.8 Å². The molecule has 19 nitrogen and oxygen atoms in total. The number of fused-ring (bicyclic) bond motifs is 2. The van der Waals surface area contributed by atoms with Crippen molar-refractivity contribution in [1.82, 2.24) is 51.0 Å². The van der Waals surface area contributed by atoms with E-state index < -0.39 is 71.7 Å². The van der Waals surface area contributed by atoms with Gasteiger partial charge in [0.05, 0.1) is 23.4 Å². The first-order chi connectivity index (χ1) is 34.4. The van der Waals surface area contributed by atoms with Gasteiger partial charge in [-0.2, -0.15) is 0 Å². The molecule has 6 aromatic rings. The van der Waals surface area contributed by atoms with Crippen molar-refractivity contribution < 1.29 is 38.4 Å². The summed E-state index contributed by atoms with van der Waals surface area (Å²) in [7, 11) is 0. The summed E-state index contributed by atoms with van der Waals surface area (Å²) in [5.41, 5.74) is 9.80. The highest BCUT2D eigenvalue weighted by atomic mass is 16.2. The fourth-order valence-electron chi connectivity index (χ4n) is 9.12. The molecule has 0 unspecified atom stereocenters. The van der Waals surface area contributed by atoms with E-state index in [1.807, 2.05) is 49.4 Å². The molecule has 19 heteroatoms. The Hall–Kier alpha value is -7.93. The van der Waals surface area contributed by atoms with Gasteiger partial charge >= 0.3 is 0 Å². The van der Waals surface area contributed by atoms with Gasteiger partial charge in [-0.15, -0.1) is 0 Å². The molecule has 372 valence electrons. The summed E-state index contributed by atoms with van der Waals surface area (Å²) in [5, 5.41) is 18.8. The van der Waals surface area contributed by atoms with Crippen molar-refractivity contribution in [3.8, 4) is 0 Å². The van der Waals surface area contributed by atoms with Gasteiger partial charge in [-0.1, -0.05) is 87.0 Å². The van der Waals surface area contributed by atoms with Crippen LogP contribution in [0, 0.1) is 5.92 Å². The van der Waals surface area contributed by atoms with Crippen LogP contribution >= 0.6 is 0 Å². The second kappa shape index (κ2) is 24.1. The molecule has 3 aromatic carbocycles. The number of aromatic nitrogens is 4. The molecule has 4 heterocycles. The number of nitrogens with two attached hydrogens (primary N) is 1. The van der Waals surface area contributed by atoms with Crippen LogP contribution in [0.15, 0.2) is 104 Å². The number of rotatable bonds is 25. The van der Waals surface area contributed by atoms with E-state index in [0.29, 0.717) is 83.7 Å². The monoisotopic (exact) mass is 967 g/mol. The van der Waals surface area contributed by atoms with Crippen molar-refractivity contribution in [2.75, 3.05) is 6.54 Å². The number of carbonyl (C=O) groups excluding carboxylic acids is 8. The number of amides is 6. The second-order valence-electron chi connectivity index (χ2n) is 18.1. The predicted molar refractivity (Wildman–Crippen MR) is 267 cm³/mol. The van der Waals surface area contributed by atoms with Gasteiger partial charge < -0.3 is 42.6 Å². The number of H-pyrrole nitrogens is 1. The summed E-state index contributed by atoms with van der Waals surface area (Å²) >= 11 is 0. The van der Waals surface area contributed by atoms with E-state index >= 15 is 0 Å². The van der Waals surface area contributed by atoms with Crippen molar-refractivity contribution in [2.45, 2.75) is 108 Å². The highest BCUT2D eigenvalue weighted by molar-refractivity contribution is 5.98. The number of hydrogen-bond acceptors (Lipinski definition) is 10. The minimum absolute atomic E-state index is 0.0215. The Morgan fingerprint density at radius 3 is 1.85 bits per heavy atom. The van der Waals surface area contributed by atoms with Gasteiger partial charge in [0.2, 0.25) is 48.3 Å². The summed E-state index contributed by atoms with van der Waals surface area (Å²) in [4.78, 5) is 115. The highest BCUT2D eigenvalue weighted by Gasteiger charge is 2.35. The zero-order valence-corrected chi connectivity index (χ0v) is 39.8. The third-order valence-electron chi connectivity index (χ3n) is 13.2. The van der Waals surface area contributed by atoms with E-state index in [-0.39, 0.29) is 31.6 Å². The minimum Gasteiger partial charge on any atom is -0.368 e. The molecule has 1 aliphatic heterocycles. The van der Waals surface area contributed by atoms with Crippen molar-refractivity contribution in [3.63, 3.8) is 0 Å². The Labute approximate surface area is 410 Å². The highest BCUT2D eigenvalue weighted by Crippen LogP contribution is 2.24. The van der Waals surface area contributed by atoms with Gasteiger partial charge in [0.25, 0.3) is 0 Å². The number of imidazole rings is 1. The number of para-hydroxylation sites is 2. The van der Waals surface area contributed by atoms with Crippen molar-refractivity contribution in [3.05, 3.63) is 126 Å². The van der Waals surface area contributed by atoms with Crippen molar-refractivity contribution >= 4 is 70.1 Å². The number of nitrogens with one attached hydrogen (secondary N) is 7. The van der Waals surface area contributed by atoms with Crippen molar-refractivity contribution in [1.29, 1.82) is 0 Å². The third kappa shape index (κ3) is 12.8. The predicted octanol–water partition coefficient (Wildman–Crippen LogP) is 2.15. The summed E-state index contributed by atoms with van der Waals surface area (Å²) in [6.45, 7) is 4.26. The molecule has 1 saturated heterocycles. The first-order valence-electron chi connectivity index (χ1n) is 24.0. The third-order valence-corrected chi connectivity index (χ3v) is 13.2. The molecule has 1 fully saturated rings. The number of carbonyl (C=O) groups is 8. The molecule has 3 aromatic heterocycles. The maximum absolute atomic E-state index is 14.7. The van der Waals surface area contributed by atoms with E-state index in [1.54, 1.807) is 55.7 Å².